The maximum atomic E-state index is 13.2. The predicted octanol–water partition coefficient (Wildman–Crippen LogP) is 2.93. The molecular formula is C21H31N3O2. The van der Waals surface area contributed by atoms with Crippen molar-refractivity contribution < 1.29 is 9.21 Å². The van der Waals surface area contributed by atoms with Gasteiger partial charge in [0.05, 0.1) is 12.3 Å². The molecule has 1 amide bonds. The molecule has 1 saturated heterocycles. The SMILES string of the molecule is CC(C)[C@H](NC[C@H](C)N)C(=O)N1CCC[C@H]1Cc1coc2ccccc12. The molecular weight excluding hydrogens is 326 g/mol. The summed E-state index contributed by atoms with van der Waals surface area (Å²) in [4.78, 5) is 15.3. The average Bonchev–Trinajstić information content (AvgIpc) is 3.22. The number of rotatable bonds is 7. The summed E-state index contributed by atoms with van der Waals surface area (Å²) in [5.74, 6) is 0.438. The minimum Gasteiger partial charge on any atom is -0.464 e. The lowest BCUT2D eigenvalue weighted by molar-refractivity contribution is -0.135. The molecule has 1 aromatic heterocycles. The Hall–Kier alpha value is -1.85. The fraction of sp³-hybridized carbons (Fsp3) is 0.571. The van der Waals surface area contributed by atoms with E-state index in [0.29, 0.717) is 6.54 Å². The molecule has 1 aliphatic rings. The van der Waals surface area contributed by atoms with Crippen LogP contribution in [-0.4, -0.2) is 42.0 Å². The number of furan rings is 1. The number of nitrogens with two attached hydrogens (primary N) is 1. The van der Waals surface area contributed by atoms with Crippen molar-refractivity contribution in [3.05, 3.63) is 36.1 Å². The van der Waals surface area contributed by atoms with E-state index >= 15 is 0 Å². The van der Waals surface area contributed by atoms with Crippen molar-refractivity contribution in [1.29, 1.82) is 0 Å². The van der Waals surface area contributed by atoms with E-state index in [9.17, 15) is 4.79 Å². The van der Waals surface area contributed by atoms with Gasteiger partial charge in [0, 0.05) is 36.1 Å². The molecule has 142 valence electrons. The van der Waals surface area contributed by atoms with Gasteiger partial charge in [0.2, 0.25) is 5.91 Å². The van der Waals surface area contributed by atoms with Gasteiger partial charge >= 0.3 is 0 Å². The molecule has 3 N–H and O–H groups in total. The fourth-order valence-electron chi connectivity index (χ4n) is 3.88. The van der Waals surface area contributed by atoms with E-state index in [2.05, 4.69) is 30.1 Å². The minimum atomic E-state index is -0.178. The Bertz CT molecular complexity index is 738. The molecule has 0 aliphatic carbocycles. The number of hydrogen-bond donors (Lipinski definition) is 2. The van der Waals surface area contributed by atoms with Gasteiger partial charge in [-0.2, -0.15) is 0 Å². The number of nitrogens with one attached hydrogen (secondary N) is 1. The summed E-state index contributed by atoms with van der Waals surface area (Å²) in [6.07, 6.45) is 4.80. The van der Waals surface area contributed by atoms with E-state index in [-0.39, 0.29) is 30.0 Å². The number of nitrogens with zero attached hydrogens (tertiary/aromatic N) is 1. The monoisotopic (exact) mass is 357 g/mol. The van der Waals surface area contributed by atoms with Crippen molar-refractivity contribution in [2.45, 2.75) is 58.2 Å². The van der Waals surface area contributed by atoms with Gasteiger partial charge in [-0.3, -0.25) is 4.79 Å². The van der Waals surface area contributed by atoms with Crippen LogP contribution < -0.4 is 11.1 Å². The molecule has 2 heterocycles. The Labute approximate surface area is 155 Å². The summed E-state index contributed by atoms with van der Waals surface area (Å²) in [5, 5.41) is 4.52. The van der Waals surface area contributed by atoms with Gasteiger partial charge in [0.1, 0.15) is 5.58 Å². The second-order valence-electron chi connectivity index (χ2n) is 7.90. The molecule has 5 heteroatoms. The number of amides is 1. The van der Waals surface area contributed by atoms with Gasteiger partial charge in [-0.05, 0) is 38.2 Å². The number of likely N-dealkylation sites (tertiary alicyclic amines) is 1. The molecule has 0 saturated carbocycles. The van der Waals surface area contributed by atoms with Crippen molar-refractivity contribution in [1.82, 2.24) is 10.2 Å². The Morgan fingerprint density at radius 2 is 2.12 bits per heavy atom. The Morgan fingerprint density at radius 3 is 2.85 bits per heavy atom. The molecule has 0 spiro atoms. The van der Waals surface area contributed by atoms with Crippen molar-refractivity contribution in [3.63, 3.8) is 0 Å². The van der Waals surface area contributed by atoms with Crippen molar-refractivity contribution in [2.24, 2.45) is 11.7 Å². The maximum Gasteiger partial charge on any atom is 0.240 e. The van der Waals surface area contributed by atoms with Gasteiger partial charge in [0.25, 0.3) is 0 Å². The second kappa shape index (κ2) is 8.23. The zero-order chi connectivity index (χ0) is 18.7. The van der Waals surface area contributed by atoms with Gasteiger partial charge < -0.3 is 20.4 Å². The van der Waals surface area contributed by atoms with E-state index in [1.807, 2.05) is 31.4 Å². The van der Waals surface area contributed by atoms with Crippen molar-refractivity contribution >= 4 is 16.9 Å². The third-order valence-electron chi connectivity index (χ3n) is 5.27. The van der Waals surface area contributed by atoms with Gasteiger partial charge in [0.15, 0.2) is 0 Å². The predicted molar refractivity (Wildman–Crippen MR) is 105 cm³/mol. The highest BCUT2D eigenvalue weighted by Gasteiger charge is 2.34. The first-order valence-electron chi connectivity index (χ1n) is 9.72. The van der Waals surface area contributed by atoms with Crippen LogP contribution >= 0.6 is 0 Å². The largest absolute Gasteiger partial charge is 0.464 e. The van der Waals surface area contributed by atoms with Crippen LogP contribution in [0.4, 0.5) is 0 Å². The normalized spacial score (nSPS) is 20.0. The highest BCUT2D eigenvalue weighted by atomic mass is 16.3. The molecule has 0 radical (unpaired) electrons. The quantitative estimate of drug-likeness (QED) is 0.799. The highest BCUT2D eigenvalue weighted by molar-refractivity contribution is 5.83. The van der Waals surface area contributed by atoms with Crippen LogP contribution in [0.5, 0.6) is 0 Å². The molecule has 5 nitrogen and oxygen atoms in total. The third-order valence-corrected chi connectivity index (χ3v) is 5.27. The van der Waals surface area contributed by atoms with Gasteiger partial charge in [-0.15, -0.1) is 0 Å². The van der Waals surface area contributed by atoms with Crippen molar-refractivity contribution in [2.75, 3.05) is 13.1 Å². The molecule has 2 aromatic rings. The van der Waals surface area contributed by atoms with Crippen LogP contribution in [0.1, 0.15) is 39.2 Å². The Kier molecular flexibility index (Phi) is 5.99. The summed E-state index contributed by atoms with van der Waals surface area (Å²) in [6, 6.07) is 8.20. The number of carbonyl (C=O) groups is 1. The number of benzene rings is 1. The standard InChI is InChI=1S/C21H31N3O2/c1-14(2)20(23-12-15(3)22)21(25)24-10-6-7-17(24)11-16-13-26-19-9-5-4-8-18(16)19/h4-5,8-9,13-15,17,20,23H,6-7,10-12,22H2,1-3H3/t15-,17-,20-/m0/s1. The zero-order valence-electron chi connectivity index (χ0n) is 16.1. The number of para-hydroxylation sites is 1. The third kappa shape index (κ3) is 4.10. The highest BCUT2D eigenvalue weighted by Crippen LogP contribution is 2.28. The average molecular weight is 357 g/mol. The van der Waals surface area contributed by atoms with Crippen LogP contribution in [0.15, 0.2) is 34.9 Å². The Balaban J connectivity index is 1.73. The van der Waals surface area contributed by atoms with Gasteiger partial charge in [-0.25, -0.2) is 0 Å². The lowest BCUT2D eigenvalue weighted by Gasteiger charge is -2.31. The first-order valence-corrected chi connectivity index (χ1v) is 9.72. The van der Waals surface area contributed by atoms with Crippen LogP contribution in [-0.2, 0) is 11.2 Å². The summed E-state index contributed by atoms with van der Waals surface area (Å²) in [6.45, 7) is 7.62. The number of fused-ring (bicyclic) bond motifs is 1. The fourth-order valence-corrected chi connectivity index (χ4v) is 3.88. The second-order valence-corrected chi connectivity index (χ2v) is 7.90. The molecule has 1 fully saturated rings. The maximum absolute atomic E-state index is 13.2. The van der Waals surface area contributed by atoms with Crippen LogP contribution in [0.3, 0.4) is 0 Å². The zero-order valence-corrected chi connectivity index (χ0v) is 16.1. The molecule has 1 aliphatic heterocycles. The minimum absolute atomic E-state index is 0.0377. The lowest BCUT2D eigenvalue weighted by Crippen LogP contribution is -2.53. The molecule has 0 unspecified atom stereocenters. The number of hydrogen-bond acceptors (Lipinski definition) is 4. The Morgan fingerprint density at radius 1 is 1.35 bits per heavy atom. The molecule has 3 rings (SSSR count). The van der Waals surface area contributed by atoms with Crippen LogP contribution in [0.2, 0.25) is 0 Å². The molecule has 1 aromatic carbocycles. The summed E-state index contributed by atoms with van der Waals surface area (Å²) < 4.78 is 5.68. The van der Waals surface area contributed by atoms with E-state index < -0.39 is 0 Å². The smallest absolute Gasteiger partial charge is 0.240 e. The van der Waals surface area contributed by atoms with Crippen molar-refractivity contribution in [3.8, 4) is 0 Å². The topological polar surface area (TPSA) is 71.5 Å². The number of carbonyl (C=O) groups excluding carboxylic acids is 1. The van der Waals surface area contributed by atoms with Gasteiger partial charge in [-0.1, -0.05) is 32.0 Å². The van der Waals surface area contributed by atoms with E-state index in [1.54, 1.807) is 0 Å². The molecule has 0 bridgehead atoms. The van der Waals surface area contributed by atoms with Crippen LogP contribution in [0.25, 0.3) is 11.0 Å². The molecule has 26 heavy (non-hydrogen) atoms. The first kappa shape index (κ1) is 18.9. The summed E-state index contributed by atoms with van der Waals surface area (Å²) >= 11 is 0. The summed E-state index contributed by atoms with van der Waals surface area (Å²) in [7, 11) is 0. The molecule has 3 atom stereocenters. The van der Waals surface area contributed by atoms with E-state index in [1.165, 1.54) is 5.56 Å². The van der Waals surface area contributed by atoms with E-state index in [0.717, 1.165) is 36.8 Å². The summed E-state index contributed by atoms with van der Waals surface area (Å²) in [5.41, 5.74) is 7.97. The lowest BCUT2D eigenvalue weighted by atomic mass is 9.99. The van der Waals surface area contributed by atoms with E-state index in [4.69, 9.17) is 10.2 Å². The first-order chi connectivity index (χ1) is 12.5. The van der Waals surface area contributed by atoms with Crippen LogP contribution in [0, 0.1) is 5.92 Å².